The maximum atomic E-state index is 13.6. The van der Waals surface area contributed by atoms with Crippen LogP contribution in [0, 0.1) is 5.92 Å². The minimum absolute atomic E-state index is 0.0907. The summed E-state index contributed by atoms with van der Waals surface area (Å²) in [5, 5.41) is 15.2. The minimum Gasteiger partial charge on any atom is -0.396 e. The summed E-state index contributed by atoms with van der Waals surface area (Å²) in [5.74, 6) is 0.00158. The lowest BCUT2D eigenvalue weighted by atomic mass is 10.0. The van der Waals surface area contributed by atoms with E-state index in [0.717, 1.165) is 23.8 Å². The molecule has 2 aromatic heterocycles. The number of rotatable bonds is 5. The van der Waals surface area contributed by atoms with Gasteiger partial charge in [-0.1, -0.05) is 30.3 Å². The van der Waals surface area contributed by atoms with Crippen molar-refractivity contribution >= 4 is 16.9 Å². The van der Waals surface area contributed by atoms with Gasteiger partial charge in [0.05, 0.1) is 11.9 Å². The first-order chi connectivity index (χ1) is 14.6. The van der Waals surface area contributed by atoms with Crippen LogP contribution in [-0.2, 0) is 6.54 Å². The Balaban J connectivity index is 1.68. The number of aromatic nitrogens is 3. The van der Waals surface area contributed by atoms with E-state index in [1.165, 1.54) is 0 Å². The molecule has 3 aromatic rings. The van der Waals surface area contributed by atoms with Crippen molar-refractivity contribution in [3.63, 3.8) is 0 Å². The number of benzene rings is 1. The van der Waals surface area contributed by atoms with E-state index < -0.39 is 0 Å². The third-order valence-corrected chi connectivity index (χ3v) is 5.98. The number of hydrogen-bond donors (Lipinski definition) is 1. The number of carbonyl (C=O) groups excluding carboxylic acids is 1. The van der Waals surface area contributed by atoms with E-state index in [2.05, 4.69) is 9.88 Å². The van der Waals surface area contributed by atoms with E-state index in [1.54, 1.807) is 6.20 Å². The maximum absolute atomic E-state index is 13.6. The Hall–Kier alpha value is -2.77. The van der Waals surface area contributed by atoms with Gasteiger partial charge in [-0.2, -0.15) is 5.10 Å². The summed E-state index contributed by atoms with van der Waals surface area (Å²) in [5.41, 5.74) is 2.25. The van der Waals surface area contributed by atoms with Gasteiger partial charge < -0.3 is 14.9 Å². The van der Waals surface area contributed by atoms with Gasteiger partial charge in [0.2, 0.25) is 0 Å². The van der Waals surface area contributed by atoms with Gasteiger partial charge in [-0.3, -0.25) is 4.79 Å². The Labute approximate surface area is 176 Å². The summed E-state index contributed by atoms with van der Waals surface area (Å²) < 4.78 is 1.81. The Kier molecular flexibility index (Phi) is 6.11. The van der Waals surface area contributed by atoms with Crippen LogP contribution in [0.3, 0.4) is 0 Å². The molecule has 1 aliphatic rings. The predicted molar refractivity (Wildman–Crippen MR) is 116 cm³/mol. The van der Waals surface area contributed by atoms with Crippen molar-refractivity contribution in [3.8, 4) is 0 Å². The quantitative estimate of drug-likeness (QED) is 0.702. The van der Waals surface area contributed by atoms with E-state index in [4.69, 9.17) is 5.10 Å². The number of carbonyl (C=O) groups is 1. The molecule has 0 radical (unpaired) electrons. The molecule has 4 rings (SSSR count). The lowest BCUT2D eigenvalue weighted by molar-refractivity contribution is 0.0684. The molecule has 1 aromatic carbocycles. The third-order valence-electron chi connectivity index (χ3n) is 5.98. The highest BCUT2D eigenvalue weighted by Gasteiger charge is 2.31. The van der Waals surface area contributed by atoms with E-state index in [1.807, 2.05) is 66.1 Å². The monoisotopic (exact) mass is 407 g/mol. The zero-order chi connectivity index (χ0) is 21.1. The minimum atomic E-state index is -0.0907. The second kappa shape index (κ2) is 8.93. The highest BCUT2D eigenvalue weighted by Crippen LogP contribution is 2.24. The van der Waals surface area contributed by atoms with Crippen LogP contribution in [0.1, 0.15) is 28.9 Å². The number of hydrogen-bond acceptors (Lipinski definition) is 5. The molecular weight excluding hydrogens is 378 g/mol. The van der Waals surface area contributed by atoms with Crippen molar-refractivity contribution in [2.45, 2.75) is 25.4 Å². The van der Waals surface area contributed by atoms with Gasteiger partial charge in [0, 0.05) is 31.9 Å². The Morgan fingerprint density at radius 2 is 1.93 bits per heavy atom. The lowest BCUT2D eigenvalue weighted by Crippen LogP contribution is -2.43. The molecule has 158 valence electrons. The number of aliphatic hydroxyl groups excluding tert-OH is 1. The number of likely N-dealkylation sites (N-methyl/N-ethyl adjacent to an activating group) is 1. The van der Waals surface area contributed by atoms with Crippen LogP contribution in [-0.4, -0.2) is 75.4 Å². The van der Waals surface area contributed by atoms with Gasteiger partial charge in [0.15, 0.2) is 11.3 Å². The van der Waals surface area contributed by atoms with Crippen LogP contribution < -0.4 is 0 Å². The van der Waals surface area contributed by atoms with Gasteiger partial charge in [-0.15, -0.1) is 0 Å². The highest BCUT2D eigenvalue weighted by atomic mass is 16.3. The number of aliphatic hydroxyl groups is 1. The van der Waals surface area contributed by atoms with Gasteiger partial charge in [0.1, 0.15) is 0 Å². The number of nitrogens with zero attached hydrogens (tertiary/aromatic N) is 5. The van der Waals surface area contributed by atoms with Gasteiger partial charge >= 0.3 is 0 Å². The molecule has 2 atom stereocenters. The average molecular weight is 408 g/mol. The summed E-state index contributed by atoms with van der Waals surface area (Å²) >= 11 is 0. The second-order valence-corrected chi connectivity index (χ2v) is 8.32. The Morgan fingerprint density at radius 3 is 2.67 bits per heavy atom. The molecule has 1 fully saturated rings. The molecule has 1 N–H and O–H groups in total. The van der Waals surface area contributed by atoms with Crippen molar-refractivity contribution in [1.29, 1.82) is 0 Å². The first kappa shape index (κ1) is 20.5. The molecule has 0 unspecified atom stereocenters. The molecule has 30 heavy (non-hydrogen) atoms. The smallest absolute Gasteiger partial charge is 0.275 e. The predicted octanol–water partition coefficient (Wildman–Crippen LogP) is 2.25. The SMILES string of the molecule is CN(C)[C@@H]1CC[C@H](CO)CN(C(=O)c2nn(Cc3ccccc3)c3ncccc23)C1. The fourth-order valence-corrected chi connectivity index (χ4v) is 4.17. The Morgan fingerprint density at radius 1 is 1.13 bits per heavy atom. The van der Waals surface area contributed by atoms with E-state index in [-0.39, 0.29) is 24.5 Å². The summed E-state index contributed by atoms with van der Waals surface area (Å²) in [4.78, 5) is 22.1. The molecule has 1 amide bonds. The molecule has 1 saturated heterocycles. The number of pyridine rings is 1. The average Bonchev–Trinajstić information content (AvgIpc) is 2.97. The van der Waals surface area contributed by atoms with Crippen LogP contribution in [0.4, 0.5) is 0 Å². The van der Waals surface area contributed by atoms with Crippen molar-refractivity contribution in [3.05, 3.63) is 59.9 Å². The second-order valence-electron chi connectivity index (χ2n) is 8.32. The van der Waals surface area contributed by atoms with Crippen LogP contribution in [0.15, 0.2) is 48.7 Å². The molecular formula is C23H29N5O2. The molecule has 0 spiro atoms. The number of fused-ring (bicyclic) bond motifs is 1. The molecule has 7 nitrogen and oxygen atoms in total. The van der Waals surface area contributed by atoms with Crippen LogP contribution in [0.25, 0.3) is 11.0 Å². The number of likely N-dealkylation sites (tertiary alicyclic amines) is 1. The normalized spacial score (nSPS) is 19.9. The van der Waals surface area contributed by atoms with Gasteiger partial charge in [-0.25, -0.2) is 9.67 Å². The first-order valence-electron chi connectivity index (χ1n) is 10.5. The fourth-order valence-electron chi connectivity index (χ4n) is 4.17. The topological polar surface area (TPSA) is 74.5 Å². The summed E-state index contributed by atoms with van der Waals surface area (Å²) in [6.07, 6.45) is 3.61. The summed E-state index contributed by atoms with van der Waals surface area (Å²) in [7, 11) is 4.08. The third kappa shape index (κ3) is 4.22. The van der Waals surface area contributed by atoms with Gasteiger partial charge in [-0.05, 0) is 50.6 Å². The molecule has 1 aliphatic heterocycles. The fraction of sp³-hybridized carbons (Fsp3) is 0.435. The van der Waals surface area contributed by atoms with Crippen molar-refractivity contribution in [1.82, 2.24) is 24.6 Å². The van der Waals surface area contributed by atoms with Gasteiger partial charge in [0.25, 0.3) is 5.91 Å². The molecule has 0 aliphatic carbocycles. The lowest BCUT2D eigenvalue weighted by Gasteiger charge is -2.28. The van der Waals surface area contributed by atoms with Crippen molar-refractivity contribution in [2.24, 2.45) is 5.92 Å². The van der Waals surface area contributed by atoms with Crippen LogP contribution in [0.5, 0.6) is 0 Å². The number of amides is 1. The van der Waals surface area contributed by atoms with E-state index >= 15 is 0 Å². The van der Waals surface area contributed by atoms with E-state index in [9.17, 15) is 9.90 Å². The first-order valence-corrected chi connectivity index (χ1v) is 10.5. The largest absolute Gasteiger partial charge is 0.396 e. The molecule has 3 heterocycles. The Bertz CT molecular complexity index is 1000. The molecule has 0 saturated carbocycles. The van der Waals surface area contributed by atoms with Crippen LogP contribution >= 0.6 is 0 Å². The zero-order valence-corrected chi connectivity index (χ0v) is 17.6. The molecule has 0 bridgehead atoms. The maximum Gasteiger partial charge on any atom is 0.275 e. The molecule has 7 heteroatoms. The van der Waals surface area contributed by atoms with Crippen LogP contribution in [0.2, 0.25) is 0 Å². The van der Waals surface area contributed by atoms with E-state index in [0.29, 0.717) is 31.0 Å². The van der Waals surface area contributed by atoms with Crippen molar-refractivity contribution in [2.75, 3.05) is 33.8 Å². The summed E-state index contributed by atoms with van der Waals surface area (Å²) in [6, 6.07) is 14.1. The van der Waals surface area contributed by atoms with Crippen molar-refractivity contribution < 1.29 is 9.90 Å². The highest BCUT2D eigenvalue weighted by molar-refractivity contribution is 6.04. The standard InChI is InChI=1S/C23H29N5O2/c1-26(2)19-11-10-18(16-29)13-27(15-19)23(30)21-20-9-6-12-24-22(20)28(25-21)14-17-7-4-3-5-8-17/h3-9,12,18-19,29H,10-11,13-16H2,1-2H3/t18-,19+/m0/s1. The summed E-state index contributed by atoms with van der Waals surface area (Å²) in [6.45, 7) is 1.83. The zero-order valence-electron chi connectivity index (χ0n) is 17.6.